The highest BCUT2D eigenvalue weighted by molar-refractivity contribution is 7.91. The number of amides is 1. The van der Waals surface area contributed by atoms with Gasteiger partial charge in [-0.3, -0.25) is 4.79 Å². The molecule has 0 aliphatic heterocycles. The van der Waals surface area contributed by atoms with Crippen molar-refractivity contribution < 1.29 is 13.2 Å². The molecule has 0 aliphatic rings. The van der Waals surface area contributed by atoms with Gasteiger partial charge in [-0.2, -0.15) is 0 Å². The zero-order chi connectivity index (χ0) is 18.3. The first-order valence-corrected chi connectivity index (χ1v) is 9.90. The minimum absolute atomic E-state index is 0.0416. The van der Waals surface area contributed by atoms with E-state index in [9.17, 15) is 13.2 Å². The fourth-order valence-corrected chi connectivity index (χ4v) is 3.38. The summed E-state index contributed by atoms with van der Waals surface area (Å²) in [4.78, 5) is 14.7. The van der Waals surface area contributed by atoms with Crippen molar-refractivity contribution >= 4 is 15.7 Å². The van der Waals surface area contributed by atoms with Crippen LogP contribution in [0.5, 0.6) is 0 Å². The molecule has 0 fully saturated rings. The third kappa shape index (κ3) is 5.03. The van der Waals surface area contributed by atoms with Crippen LogP contribution < -0.4 is 0 Å². The van der Waals surface area contributed by atoms with Crippen molar-refractivity contribution in [2.24, 2.45) is 0 Å². The summed E-state index contributed by atoms with van der Waals surface area (Å²) in [6.07, 6.45) is 2.45. The molecule has 4 nitrogen and oxygen atoms in total. The molecular weight excluding hydrogens is 334 g/mol. The van der Waals surface area contributed by atoms with Gasteiger partial charge in [0.25, 0.3) is 5.91 Å². The Morgan fingerprint density at radius 1 is 1.08 bits per heavy atom. The highest BCUT2D eigenvalue weighted by atomic mass is 32.2. The topological polar surface area (TPSA) is 54.5 Å². The second-order valence-electron chi connectivity index (χ2n) is 5.70. The van der Waals surface area contributed by atoms with Crippen molar-refractivity contribution in [3.63, 3.8) is 0 Å². The van der Waals surface area contributed by atoms with Gasteiger partial charge in [-0.05, 0) is 36.2 Å². The van der Waals surface area contributed by atoms with Gasteiger partial charge in [-0.15, -0.1) is 6.58 Å². The second kappa shape index (κ2) is 8.62. The molecule has 0 spiro atoms. The summed E-state index contributed by atoms with van der Waals surface area (Å²) in [5, 5.41) is 0. The van der Waals surface area contributed by atoms with Crippen LogP contribution in [0.4, 0.5) is 0 Å². The number of nitrogens with zero attached hydrogens (tertiary/aromatic N) is 1. The van der Waals surface area contributed by atoms with E-state index >= 15 is 0 Å². The van der Waals surface area contributed by atoms with E-state index in [0.717, 1.165) is 12.0 Å². The zero-order valence-electron chi connectivity index (χ0n) is 14.4. The van der Waals surface area contributed by atoms with E-state index in [4.69, 9.17) is 0 Å². The lowest BCUT2D eigenvalue weighted by Gasteiger charge is -2.21. The van der Waals surface area contributed by atoms with Crippen LogP contribution in [-0.2, 0) is 16.3 Å². The standard InChI is InChI=1S/C20H23NO3S/c1-3-15-21(16-14-17-8-6-5-7-9-17)20(22)18-10-12-19(13-11-18)25(23,24)4-2/h3,5-13H,1,4,14-16H2,2H3. The number of hydrogen-bond acceptors (Lipinski definition) is 3. The average molecular weight is 357 g/mol. The van der Waals surface area contributed by atoms with Crippen molar-refractivity contribution in [2.45, 2.75) is 18.2 Å². The van der Waals surface area contributed by atoms with E-state index in [1.54, 1.807) is 30.0 Å². The number of carbonyl (C=O) groups excluding carboxylic acids is 1. The first-order chi connectivity index (χ1) is 12.0. The maximum atomic E-state index is 12.7. The lowest BCUT2D eigenvalue weighted by molar-refractivity contribution is 0.0775. The van der Waals surface area contributed by atoms with E-state index in [0.29, 0.717) is 18.7 Å². The number of rotatable bonds is 8. The highest BCUT2D eigenvalue weighted by Gasteiger charge is 2.16. The maximum absolute atomic E-state index is 12.7. The number of hydrogen-bond donors (Lipinski definition) is 0. The van der Waals surface area contributed by atoms with Gasteiger partial charge in [-0.1, -0.05) is 43.3 Å². The lowest BCUT2D eigenvalue weighted by atomic mass is 10.1. The molecule has 0 aliphatic carbocycles. The molecule has 0 atom stereocenters. The van der Waals surface area contributed by atoms with Gasteiger partial charge in [0, 0.05) is 18.7 Å². The van der Waals surface area contributed by atoms with Gasteiger partial charge in [0.2, 0.25) is 0 Å². The highest BCUT2D eigenvalue weighted by Crippen LogP contribution is 2.14. The second-order valence-corrected chi connectivity index (χ2v) is 7.98. The molecule has 0 unspecified atom stereocenters. The molecule has 2 aromatic rings. The van der Waals surface area contributed by atoms with Crippen LogP contribution in [0.2, 0.25) is 0 Å². The van der Waals surface area contributed by atoms with Crippen molar-refractivity contribution in [1.82, 2.24) is 4.90 Å². The van der Waals surface area contributed by atoms with Gasteiger partial charge < -0.3 is 4.90 Å². The molecule has 0 heterocycles. The summed E-state index contributed by atoms with van der Waals surface area (Å²) in [6, 6.07) is 16.1. The molecule has 0 aromatic heterocycles. The van der Waals surface area contributed by atoms with Crippen LogP contribution in [0.1, 0.15) is 22.8 Å². The number of benzene rings is 2. The molecule has 25 heavy (non-hydrogen) atoms. The summed E-state index contributed by atoms with van der Waals surface area (Å²) in [7, 11) is -3.26. The van der Waals surface area contributed by atoms with Crippen LogP contribution in [0, 0.1) is 0 Å². The Balaban J connectivity index is 2.12. The quantitative estimate of drug-likeness (QED) is 0.681. The first-order valence-electron chi connectivity index (χ1n) is 8.25. The minimum atomic E-state index is -3.26. The molecule has 0 radical (unpaired) electrons. The Hall–Kier alpha value is -2.40. The Kier molecular flexibility index (Phi) is 6.53. The van der Waals surface area contributed by atoms with Gasteiger partial charge in [-0.25, -0.2) is 8.42 Å². The minimum Gasteiger partial charge on any atom is -0.335 e. The summed E-state index contributed by atoms with van der Waals surface area (Å²) in [5.41, 5.74) is 1.64. The summed E-state index contributed by atoms with van der Waals surface area (Å²) < 4.78 is 23.7. The van der Waals surface area contributed by atoms with Crippen molar-refractivity contribution in [1.29, 1.82) is 0 Å². The van der Waals surface area contributed by atoms with E-state index in [1.165, 1.54) is 12.1 Å². The summed E-state index contributed by atoms with van der Waals surface area (Å²) in [5.74, 6) is -0.0868. The van der Waals surface area contributed by atoms with E-state index < -0.39 is 9.84 Å². The fraction of sp³-hybridized carbons (Fsp3) is 0.250. The monoisotopic (exact) mass is 357 g/mol. The average Bonchev–Trinajstić information content (AvgIpc) is 2.65. The van der Waals surface area contributed by atoms with Gasteiger partial charge in [0.15, 0.2) is 9.84 Å². The smallest absolute Gasteiger partial charge is 0.254 e. The molecule has 0 N–H and O–H groups in total. The molecule has 1 amide bonds. The lowest BCUT2D eigenvalue weighted by Crippen LogP contribution is -2.33. The summed E-state index contributed by atoms with van der Waals surface area (Å²) >= 11 is 0. The van der Waals surface area contributed by atoms with Crippen LogP contribution in [-0.4, -0.2) is 38.1 Å². The van der Waals surface area contributed by atoms with Crippen molar-refractivity contribution in [3.8, 4) is 0 Å². The Morgan fingerprint density at radius 2 is 1.72 bits per heavy atom. The number of carbonyl (C=O) groups is 1. The third-order valence-electron chi connectivity index (χ3n) is 3.99. The molecule has 2 aromatic carbocycles. The zero-order valence-corrected chi connectivity index (χ0v) is 15.2. The Bertz CT molecular complexity index is 812. The molecule has 2 rings (SSSR count). The fourth-order valence-electron chi connectivity index (χ4n) is 2.49. The number of sulfone groups is 1. The summed E-state index contributed by atoms with van der Waals surface area (Å²) in [6.45, 7) is 6.34. The van der Waals surface area contributed by atoms with Crippen LogP contribution >= 0.6 is 0 Å². The van der Waals surface area contributed by atoms with Gasteiger partial charge in [0.1, 0.15) is 0 Å². The van der Waals surface area contributed by atoms with E-state index in [-0.39, 0.29) is 16.6 Å². The van der Waals surface area contributed by atoms with Crippen LogP contribution in [0.3, 0.4) is 0 Å². The molecule has 5 heteroatoms. The van der Waals surface area contributed by atoms with Crippen molar-refractivity contribution in [2.75, 3.05) is 18.8 Å². The SMILES string of the molecule is C=CCN(CCc1ccccc1)C(=O)c1ccc(S(=O)(=O)CC)cc1. The third-order valence-corrected chi connectivity index (χ3v) is 5.74. The molecule has 0 saturated carbocycles. The van der Waals surface area contributed by atoms with Crippen molar-refractivity contribution in [3.05, 3.63) is 78.4 Å². The van der Waals surface area contributed by atoms with Crippen LogP contribution in [0.15, 0.2) is 72.1 Å². The van der Waals surface area contributed by atoms with Gasteiger partial charge in [0.05, 0.1) is 10.6 Å². The Labute approximate surface area is 149 Å². The first kappa shape index (κ1) is 18.9. The normalized spacial score (nSPS) is 11.1. The van der Waals surface area contributed by atoms with E-state index in [2.05, 4.69) is 6.58 Å². The molecule has 132 valence electrons. The maximum Gasteiger partial charge on any atom is 0.254 e. The predicted octanol–water partition coefficient (Wildman–Crippen LogP) is 3.35. The largest absolute Gasteiger partial charge is 0.335 e. The Morgan fingerprint density at radius 3 is 2.28 bits per heavy atom. The molecule has 0 bridgehead atoms. The van der Waals surface area contributed by atoms with E-state index in [1.807, 2.05) is 30.3 Å². The molecular formula is C20H23NO3S. The predicted molar refractivity (Wildman–Crippen MR) is 100 cm³/mol. The molecule has 0 saturated heterocycles. The van der Waals surface area contributed by atoms with Gasteiger partial charge >= 0.3 is 0 Å². The van der Waals surface area contributed by atoms with Crippen LogP contribution in [0.25, 0.3) is 0 Å².